The van der Waals surface area contributed by atoms with Gasteiger partial charge < -0.3 is 19.9 Å². The first kappa shape index (κ1) is 25.5. The topological polar surface area (TPSA) is 106 Å². The van der Waals surface area contributed by atoms with E-state index in [4.69, 9.17) is 9.47 Å². The number of nitrogens with zero attached hydrogens (tertiary/aromatic N) is 3. The normalized spacial score (nSPS) is 19.5. The van der Waals surface area contributed by atoms with Crippen molar-refractivity contribution in [2.75, 3.05) is 11.1 Å². The van der Waals surface area contributed by atoms with Crippen LogP contribution < -0.4 is 5.32 Å². The van der Waals surface area contributed by atoms with Gasteiger partial charge in [-0.1, -0.05) is 59.5 Å². The highest BCUT2D eigenvalue weighted by Crippen LogP contribution is 2.40. The van der Waals surface area contributed by atoms with E-state index in [1.807, 2.05) is 55.5 Å². The van der Waals surface area contributed by atoms with E-state index in [2.05, 4.69) is 20.5 Å². The average molecular weight is 535 g/mol. The van der Waals surface area contributed by atoms with Gasteiger partial charge >= 0.3 is 0 Å². The molecule has 0 radical (unpaired) electrons. The second-order valence-corrected chi connectivity index (χ2v) is 11.0. The molecule has 0 unspecified atom stereocenters. The maximum absolute atomic E-state index is 12.6. The molecule has 10 heteroatoms. The molecule has 1 aliphatic rings. The van der Waals surface area contributed by atoms with E-state index in [1.54, 1.807) is 41.4 Å². The number of pyridine rings is 1. The zero-order chi connectivity index (χ0) is 25.6. The van der Waals surface area contributed by atoms with Gasteiger partial charge in [-0.2, -0.15) is 0 Å². The van der Waals surface area contributed by atoms with Crippen molar-refractivity contribution in [3.05, 3.63) is 100 Å². The minimum Gasteiger partial charge on any atom is -0.392 e. The summed E-state index contributed by atoms with van der Waals surface area (Å²) in [6, 6.07) is 18.7. The summed E-state index contributed by atoms with van der Waals surface area (Å²) in [7, 11) is 0. The van der Waals surface area contributed by atoms with Crippen LogP contribution in [0.3, 0.4) is 0 Å². The lowest BCUT2D eigenvalue weighted by molar-refractivity contribution is -0.245. The van der Waals surface area contributed by atoms with Crippen molar-refractivity contribution in [2.24, 2.45) is 0 Å². The summed E-state index contributed by atoms with van der Waals surface area (Å²) in [6.45, 7) is 1.94. The minimum atomic E-state index is -0.617. The van der Waals surface area contributed by atoms with E-state index in [1.165, 1.54) is 6.20 Å². The lowest BCUT2D eigenvalue weighted by Gasteiger charge is -2.36. The summed E-state index contributed by atoms with van der Waals surface area (Å²) in [4.78, 5) is 16.6. The smallest absolute Gasteiger partial charge is 0.257 e. The highest BCUT2D eigenvalue weighted by molar-refractivity contribution is 8.01. The summed E-state index contributed by atoms with van der Waals surface area (Å²) >= 11 is 3.19. The lowest BCUT2D eigenvalue weighted by Crippen LogP contribution is -2.31. The molecule has 0 spiro atoms. The van der Waals surface area contributed by atoms with E-state index in [-0.39, 0.29) is 24.7 Å². The number of hydrogen-bond acceptors (Lipinski definition) is 9. The molecule has 8 nitrogen and oxygen atoms in total. The van der Waals surface area contributed by atoms with Crippen LogP contribution in [0.2, 0.25) is 0 Å². The number of aryl methyl sites for hydroxylation is 1. The van der Waals surface area contributed by atoms with Crippen LogP contribution in [0.4, 0.5) is 5.69 Å². The number of thioether (sulfide) groups is 1. The number of carbonyl (C=O) groups excluding carboxylic acids is 1. The van der Waals surface area contributed by atoms with Crippen molar-refractivity contribution in [1.29, 1.82) is 0 Å². The van der Waals surface area contributed by atoms with Gasteiger partial charge in [-0.15, -0.1) is 10.2 Å². The molecular formula is C27H26N4O4S2. The predicted molar refractivity (Wildman–Crippen MR) is 142 cm³/mol. The molecule has 190 valence electrons. The number of hydrogen-bond donors (Lipinski definition) is 2. The zero-order valence-electron chi connectivity index (χ0n) is 20.1. The van der Waals surface area contributed by atoms with Gasteiger partial charge in [0.05, 0.1) is 24.4 Å². The third-order valence-corrected chi connectivity index (χ3v) is 7.96. The van der Waals surface area contributed by atoms with E-state index in [9.17, 15) is 9.90 Å². The molecule has 1 aliphatic heterocycles. The second kappa shape index (κ2) is 11.9. The molecule has 2 aromatic heterocycles. The van der Waals surface area contributed by atoms with Crippen LogP contribution >= 0.6 is 23.1 Å². The average Bonchev–Trinajstić information content (AvgIpc) is 3.37. The largest absolute Gasteiger partial charge is 0.392 e. The Kier molecular flexibility index (Phi) is 8.22. The fourth-order valence-corrected chi connectivity index (χ4v) is 5.85. The first-order valence-corrected chi connectivity index (χ1v) is 13.6. The van der Waals surface area contributed by atoms with E-state index < -0.39 is 6.29 Å². The molecule has 2 aromatic carbocycles. The van der Waals surface area contributed by atoms with Gasteiger partial charge in [0.15, 0.2) is 10.6 Å². The molecule has 1 fully saturated rings. The fourth-order valence-electron chi connectivity index (χ4n) is 3.99. The molecule has 5 rings (SSSR count). The Labute approximate surface area is 223 Å². The van der Waals surface area contributed by atoms with Crippen LogP contribution in [-0.2, 0) is 16.1 Å². The van der Waals surface area contributed by atoms with Gasteiger partial charge in [-0.05, 0) is 42.3 Å². The number of anilines is 1. The molecule has 0 saturated carbocycles. The minimum absolute atomic E-state index is 0.00434. The fraction of sp³-hybridized carbons (Fsp3) is 0.259. The van der Waals surface area contributed by atoms with E-state index >= 15 is 0 Å². The summed E-state index contributed by atoms with van der Waals surface area (Å²) < 4.78 is 13.7. The third-order valence-electron chi connectivity index (χ3n) is 5.86. The second-order valence-electron chi connectivity index (χ2n) is 8.57. The third kappa shape index (κ3) is 6.60. The number of benzene rings is 2. The Balaban J connectivity index is 1.35. The van der Waals surface area contributed by atoms with E-state index in [0.29, 0.717) is 23.4 Å². The van der Waals surface area contributed by atoms with Crippen LogP contribution in [0, 0.1) is 6.92 Å². The number of amides is 1. The number of ether oxygens (including phenoxy) is 2. The molecule has 0 aliphatic carbocycles. The zero-order valence-corrected chi connectivity index (χ0v) is 21.7. The molecule has 37 heavy (non-hydrogen) atoms. The van der Waals surface area contributed by atoms with Gasteiger partial charge in [0.25, 0.3) is 5.91 Å². The first-order valence-electron chi connectivity index (χ1n) is 11.8. The molecular weight excluding hydrogens is 508 g/mol. The Bertz CT molecular complexity index is 1330. The number of aliphatic hydroxyl groups is 1. The number of aliphatic hydroxyl groups excluding tert-OH is 1. The lowest BCUT2D eigenvalue weighted by atomic mass is 10.0. The predicted octanol–water partition coefficient (Wildman–Crippen LogP) is 5.32. The van der Waals surface area contributed by atoms with Crippen LogP contribution in [0.25, 0.3) is 0 Å². The molecule has 2 N–H and O–H groups in total. The van der Waals surface area contributed by atoms with Crippen molar-refractivity contribution in [3.8, 4) is 0 Å². The van der Waals surface area contributed by atoms with Crippen LogP contribution in [0.15, 0.2) is 77.4 Å². The summed E-state index contributed by atoms with van der Waals surface area (Å²) in [5.74, 6) is 0.469. The Morgan fingerprint density at radius 3 is 2.70 bits per heavy atom. The Hall–Kier alpha value is -3.15. The van der Waals surface area contributed by atoms with E-state index in [0.717, 1.165) is 26.0 Å². The van der Waals surface area contributed by atoms with Gasteiger partial charge in [0, 0.05) is 35.8 Å². The monoisotopic (exact) mass is 534 g/mol. The van der Waals surface area contributed by atoms with Gasteiger partial charge in [-0.25, -0.2) is 0 Å². The quantitative estimate of drug-likeness (QED) is 0.293. The molecule has 3 atom stereocenters. The number of nitrogens with one attached hydrogen (secondary N) is 1. The number of aromatic nitrogens is 3. The summed E-state index contributed by atoms with van der Waals surface area (Å²) in [5.41, 5.74) is 3.80. The Morgan fingerprint density at radius 1 is 1.11 bits per heavy atom. The van der Waals surface area contributed by atoms with Crippen molar-refractivity contribution in [3.63, 3.8) is 0 Å². The summed E-state index contributed by atoms with van der Waals surface area (Å²) in [6.07, 6.45) is 2.93. The van der Waals surface area contributed by atoms with Crippen LogP contribution in [0.5, 0.6) is 0 Å². The maximum Gasteiger partial charge on any atom is 0.257 e. The van der Waals surface area contributed by atoms with Crippen molar-refractivity contribution < 1.29 is 19.4 Å². The first-order chi connectivity index (χ1) is 18.1. The molecule has 1 saturated heterocycles. The van der Waals surface area contributed by atoms with Crippen molar-refractivity contribution >= 4 is 34.7 Å². The molecule has 0 bridgehead atoms. The highest BCUT2D eigenvalue weighted by Gasteiger charge is 2.32. The van der Waals surface area contributed by atoms with Crippen molar-refractivity contribution in [1.82, 2.24) is 15.2 Å². The molecule has 1 amide bonds. The molecule has 3 heterocycles. The van der Waals surface area contributed by atoms with Crippen LogP contribution in [-0.4, -0.2) is 38.1 Å². The maximum atomic E-state index is 12.6. The van der Waals surface area contributed by atoms with Gasteiger partial charge in [-0.3, -0.25) is 9.78 Å². The Morgan fingerprint density at radius 2 is 1.97 bits per heavy atom. The summed E-state index contributed by atoms with van der Waals surface area (Å²) in [5, 5.41) is 21.6. The number of rotatable bonds is 8. The van der Waals surface area contributed by atoms with Gasteiger partial charge in [0.1, 0.15) is 5.01 Å². The van der Waals surface area contributed by atoms with Crippen molar-refractivity contribution in [2.45, 2.75) is 42.8 Å². The molecule has 4 aromatic rings. The highest BCUT2D eigenvalue weighted by atomic mass is 32.2. The van der Waals surface area contributed by atoms with Crippen LogP contribution in [0.1, 0.15) is 50.9 Å². The SMILES string of the molecule is Cc1nnc(SC[C@H]2C[C@@H](c3ccc(CO)cc3)O[C@@H](c3cccc(NC(=O)c4cccnc4)c3)O2)s1. The standard InChI is InChI=1S/C27H26N4O4S2/c1-17-30-31-27(37-17)36-16-23-13-24(19-9-7-18(15-32)8-10-19)35-26(34-23)20-4-2-6-22(12-20)29-25(33)21-5-3-11-28-14-21/h2-12,14,23-24,26,32H,13,15-16H2,1H3,(H,29,33)/t23-,24+,26+/m1/s1. The number of carbonyl (C=O) groups is 1. The van der Waals surface area contributed by atoms with Gasteiger partial charge in [0.2, 0.25) is 0 Å².